The summed E-state index contributed by atoms with van der Waals surface area (Å²) in [5, 5.41) is 48.6. The lowest BCUT2D eigenvalue weighted by Crippen LogP contribution is -2.59. The number of unbranched alkanes of at least 4 members (excludes halogenated alkanes) is 14. The molecule has 8 heteroatoms. The zero-order valence-corrected chi connectivity index (χ0v) is 22.6. The summed E-state index contributed by atoms with van der Waals surface area (Å²) in [7, 11) is 0. The van der Waals surface area contributed by atoms with Crippen LogP contribution in [0.5, 0.6) is 0 Å². The number of carboxylic acid groups (broad SMARTS) is 1. The van der Waals surface area contributed by atoms with Gasteiger partial charge >= 0.3 is 5.97 Å². The van der Waals surface area contributed by atoms with E-state index in [4.69, 9.17) is 14.6 Å². The van der Waals surface area contributed by atoms with Crippen molar-refractivity contribution in [1.29, 1.82) is 0 Å². The van der Waals surface area contributed by atoms with Crippen molar-refractivity contribution in [3.8, 4) is 0 Å². The van der Waals surface area contributed by atoms with Crippen LogP contribution in [0.1, 0.15) is 129 Å². The third-order valence-corrected chi connectivity index (χ3v) is 7.22. The molecule has 214 valence electrons. The first-order valence-corrected chi connectivity index (χ1v) is 14.6. The van der Waals surface area contributed by atoms with Gasteiger partial charge in [-0.15, -0.1) is 0 Å². The molecule has 1 fully saturated rings. The predicted molar refractivity (Wildman–Crippen MR) is 140 cm³/mol. The SMILES string of the molecule is CCCCCCCCCCCCCCCC[C@@H](CCCCC(=O)O)O[C@@H]1O[C@H](CO)[C@@H](O)[C@H](O)[C@H]1O. The number of carboxylic acids is 1. The number of aliphatic hydroxyl groups excluding tert-OH is 4. The van der Waals surface area contributed by atoms with Crippen molar-refractivity contribution >= 4 is 5.97 Å². The fourth-order valence-electron chi connectivity index (χ4n) is 4.86. The second-order valence-corrected chi connectivity index (χ2v) is 10.5. The van der Waals surface area contributed by atoms with E-state index in [-0.39, 0.29) is 12.5 Å². The van der Waals surface area contributed by atoms with Crippen LogP contribution in [0, 0.1) is 0 Å². The molecule has 0 bridgehead atoms. The van der Waals surface area contributed by atoms with Crippen LogP contribution in [-0.2, 0) is 14.3 Å². The highest BCUT2D eigenvalue weighted by Gasteiger charge is 2.44. The van der Waals surface area contributed by atoms with Crippen molar-refractivity contribution in [3.63, 3.8) is 0 Å². The Labute approximate surface area is 218 Å². The zero-order chi connectivity index (χ0) is 26.6. The van der Waals surface area contributed by atoms with Crippen molar-refractivity contribution in [1.82, 2.24) is 0 Å². The number of aliphatic hydroxyl groups is 4. The number of carbonyl (C=O) groups is 1. The van der Waals surface area contributed by atoms with Crippen LogP contribution in [0.4, 0.5) is 0 Å². The molecule has 8 nitrogen and oxygen atoms in total. The Morgan fingerprint density at radius 1 is 0.722 bits per heavy atom. The van der Waals surface area contributed by atoms with E-state index in [1.54, 1.807) is 0 Å². The summed E-state index contributed by atoms with van der Waals surface area (Å²) in [6.07, 6.45) is 13.9. The summed E-state index contributed by atoms with van der Waals surface area (Å²) in [6, 6.07) is 0. The van der Waals surface area contributed by atoms with Gasteiger partial charge in [-0.2, -0.15) is 0 Å². The second kappa shape index (κ2) is 21.2. The van der Waals surface area contributed by atoms with Crippen molar-refractivity contribution in [2.45, 2.75) is 166 Å². The molecular weight excluding hydrogens is 464 g/mol. The number of ether oxygens (including phenoxy) is 2. The molecular formula is C28H54O8. The Balaban J connectivity index is 2.27. The van der Waals surface area contributed by atoms with Gasteiger partial charge in [0.05, 0.1) is 12.7 Å². The van der Waals surface area contributed by atoms with Crippen LogP contribution in [0.25, 0.3) is 0 Å². The van der Waals surface area contributed by atoms with Crippen LogP contribution >= 0.6 is 0 Å². The minimum atomic E-state index is -1.46. The van der Waals surface area contributed by atoms with Gasteiger partial charge in [-0.25, -0.2) is 0 Å². The maximum absolute atomic E-state index is 10.8. The highest BCUT2D eigenvalue weighted by molar-refractivity contribution is 5.66. The molecule has 0 saturated carbocycles. The van der Waals surface area contributed by atoms with Crippen molar-refractivity contribution in [3.05, 3.63) is 0 Å². The van der Waals surface area contributed by atoms with Gasteiger partial charge in [0.2, 0.25) is 0 Å². The summed E-state index contributed by atoms with van der Waals surface area (Å²) in [4.78, 5) is 10.8. The topological polar surface area (TPSA) is 137 Å². The fraction of sp³-hybridized carbons (Fsp3) is 0.964. The van der Waals surface area contributed by atoms with Gasteiger partial charge in [0.15, 0.2) is 6.29 Å². The standard InChI is InChI=1S/C28H54O8/c1-2-3-4-5-6-7-8-9-10-11-12-13-14-15-18-22(19-16-17-20-24(30)31)35-28-27(34)26(33)25(32)23(21-29)36-28/h22-23,25-29,32-34H,2-21H2,1H3,(H,30,31)/t22-,23+,25+,26-,27+,28+/m0/s1. The van der Waals surface area contributed by atoms with Gasteiger partial charge in [-0.3, -0.25) is 4.79 Å². The maximum atomic E-state index is 10.8. The Morgan fingerprint density at radius 3 is 1.67 bits per heavy atom. The van der Waals surface area contributed by atoms with Crippen LogP contribution in [0.2, 0.25) is 0 Å². The van der Waals surface area contributed by atoms with E-state index in [1.807, 2.05) is 0 Å². The first-order chi connectivity index (χ1) is 17.4. The normalized spacial score (nSPS) is 25.2. The quantitative estimate of drug-likeness (QED) is 0.123. The van der Waals surface area contributed by atoms with E-state index in [9.17, 15) is 25.2 Å². The second-order valence-electron chi connectivity index (χ2n) is 10.5. The average Bonchev–Trinajstić information content (AvgIpc) is 2.86. The molecule has 0 spiro atoms. The van der Waals surface area contributed by atoms with Gasteiger partial charge in [0.25, 0.3) is 0 Å². The molecule has 0 aromatic rings. The van der Waals surface area contributed by atoms with E-state index in [1.165, 1.54) is 77.0 Å². The average molecular weight is 519 g/mol. The molecule has 1 saturated heterocycles. The summed E-state index contributed by atoms with van der Waals surface area (Å²) in [5.74, 6) is -0.826. The van der Waals surface area contributed by atoms with E-state index in [0.717, 1.165) is 19.3 Å². The lowest BCUT2D eigenvalue weighted by atomic mass is 9.98. The van der Waals surface area contributed by atoms with Crippen LogP contribution < -0.4 is 0 Å². The van der Waals surface area contributed by atoms with Gasteiger partial charge in [0, 0.05) is 6.42 Å². The monoisotopic (exact) mass is 518 g/mol. The summed E-state index contributed by atoms with van der Waals surface area (Å²) >= 11 is 0. The van der Waals surface area contributed by atoms with E-state index in [0.29, 0.717) is 19.3 Å². The molecule has 0 aromatic heterocycles. The Morgan fingerprint density at radius 2 is 1.19 bits per heavy atom. The third kappa shape index (κ3) is 14.8. The number of rotatable bonds is 23. The first kappa shape index (κ1) is 33.3. The molecule has 0 amide bonds. The molecule has 0 aromatic carbocycles. The van der Waals surface area contributed by atoms with E-state index < -0.39 is 43.3 Å². The molecule has 36 heavy (non-hydrogen) atoms. The summed E-state index contributed by atoms with van der Waals surface area (Å²) < 4.78 is 11.5. The maximum Gasteiger partial charge on any atom is 0.303 e. The van der Waals surface area contributed by atoms with E-state index in [2.05, 4.69) is 6.92 Å². The molecule has 0 radical (unpaired) electrons. The van der Waals surface area contributed by atoms with Gasteiger partial charge in [0.1, 0.15) is 24.4 Å². The number of aliphatic carboxylic acids is 1. The van der Waals surface area contributed by atoms with Crippen LogP contribution in [-0.4, -0.2) is 74.9 Å². The van der Waals surface area contributed by atoms with Gasteiger partial charge in [-0.1, -0.05) is 103 Å². The van der Waals surface area contributed by atoms with E-state index >= 15 is 0 Å². The summed E-state index contributed by atoms with van der Waals surface area (Å²) in [5.41, 5.74) is 0. The Hall–Kier alpha value is -0.770. The molecule has 6 atom stereocenters. The zero-order valence-electron chi connectivity index (χ0n) is 22.6. The smallest absolute Gasteiger partial charge is 0.303 e. The highest BCUT2D eigenvalue weighted by Crippen LogP contribution is 2.26. The van der Waals surface area contributed by atoms with Gasteiger partial charge in [-0.05, 0) is 19.3 Å². The Kier molecular flexibility index (Phi) is 19.6. The molecule has 1 aliphatic heterocycles. The minimum absolute atomic E-state index is 0.103. The molecule has 1 rings (SSSR count). The van der Waals surface area contributed by atoms with Crippen LogP contribution in [0.15, 0.2) is 0 Å². The predicted octanol–water partition coefficient (Wildman–Crippen LogP) is 4.69. The van der Waals surface area contributed by atoms with Crippen LogP contribution in [0.3, 0.4) is 0 Å². The summed E-state index contributed by atoms with van der Waals surface area (Å²) in [6.45, 7) is 1.76. The highest BCUT2D eigenvalue weighted by atomic mass is 16.7. The molecule has 1 aliphatic rings. The van der Waals surface area contributed by atoms with Crippen molar-refractivity contribution in [2.24, 2.45) is 0 Å². The fourth-order valence-corrected chi connectivity index (χ4v) is 4.86. The first-order valence-electron chi connectivity index (χ1n) is 14.6. The lowest BCUT2D eigenvalue weighted by molar-refractivity contribution is -0.312. The van der Waals surface area contributed by atoms with Crippen molar-refractivity contribution in [2.75, 3.05) is 6.61 Å². The number of hydrogen-bond donors (Lipinski definition) is 5. The van der Waals surface area contributed by atoms with Crippen molar-refractivity contribution < 1.29 is 39.8 Å². The lowest BCUT2D eigenvalue weighted by Gasteiger charge is -2.41. The molecule has 0 aliphatic carbocycles. The third-order valence-electron chi connectivity index (χ3n) is 7.22. The molecule has 0 unspecified atom stereocenters. The molecule has 5 N–H and O–H groups in total. The minimum Gasteiger partial charge on any atom is -0.481 e. The molecule has 1 heterocycles. The Bertz CT molecular complexity index is 530. The largest absolute Gasteiger partial charge is 0.481 e. The van der Waals surface area contributed by atoms with Gasteiger partial charge < -0.3 is 35.0 Å². The number of hydrogen-bond acceptors (Lipinski definition) is 7.